The third kappa shape index (κ3) is 6.50. The number of hydrogen-bond donors (Lipinski definition) is 6. The largest absolute Gasteiger partial charge is 0.481 e. The molecule has 0 fully saturated rings. The number of aliphatic imine (C=N–C) groups is 1. The first-order valence-corrected chi connectivity index (χ1v) is 11.5. The number of aromatic nitrogens is 2. The molecule has 11 nitrogen and oxygen atoms in total. The van der Waals surface area contributed by atoms with E-state index in [1.165, 1.54) is 24.3 Å². The summed E-state index contributed by atoms with van der Waals surface area (Å²) in [6, 6.07) is 5.45. The number of alkyl halides is 1. The van der Waals surface area contributed by atoms with Gasteiger partial charge in [0.05, 0.1) is 49.5 Å². The van der Waals surface area contributed by atoms with Crippen molar-refractivity contribution in [1.29, 1.82) is 0 Å². The molecular formula is C23H22ClF2N7O4. The Morgan fingerprint density at radius 3 is 2.78 bits per heavy atom. The number of hydrogen-bond acceptors (Lipinski definition) is 7. The maximum atomic E-state index is 14.3. The standard InChI is InChI=1S/C23H22ClF2N7O4/c24-12-1-2-16(26)14(5-12)18(6-21(35)36)31-20(34)10-27-22(37)11-3-17(15-9-30-33-19(15)4-11)32-23-28-7-13(25)8-29-23/h1-5,9,13,18H,6-8,10H2,(H,27,37)(H,30,33)(H,31,34)(H,35,36)(H2,28,29,32)/t18-/m0/s1. The average Bonchev–Trinajstić information content (AvgIpc) is 3.34. The smallest absolute Gasteiger partial charge is 0.305 e. The van der Waals surface area contributed by atoms with Crippen LogP contribution in [0.2, 0.25) is 5.02 Å². The zero-order valence-corrected chi connectivity index (χ0v) is 19.9. The number of guanidine groups is 1. The Labute approximate surface area is 213 Å². The van der Waals surface area contributed by atoms with Gasteiger partial charge in [-0.2, -0.15) is 5.10 Å². The molecule has 1 aromatic heterocycles. The molecule has 4 rings (SSSR count). The zero-order chi connectivity index (χ0) is 26.5. The fraction of sp³-hybridized carbons (Fsp3) is 0.261. The SMILES string of the molecule is O=C(O)C[C@H](NC(=O)CNC(=O)c1cc(NC2=NCC(F)CN2)c2cn[nH]c2c1)c1cc(Cl)ccc1F. The molecule has 2 aromatic carbocycles. The van der Waals surface area contributed by atoms with Gasteiger partial charge < -0.3 is 26.4 Å². The fourth-order valence-corrected chi connectivity index (χ4v) is 3.90. The first kappa shape index (κ1) is 25.8. The molecular weight excluding hydrogens is 512 g/mol. The summed E-state index contributed by atoms with van der Waals surface area (Å²) in [5, 5.41) is 27.5. The van der Waals surface area contributed by atoms with E-state index in [1.807, 2.05) is 0 Å². The molecule has 3 aromatic rings. The topological polar surface area (TPSA) is 161 Å². The predicted octanol–water partition coefficient (Wildman–Crippen LogP) is 2.13. The Kier molecular flexibility index (Phi) is 7.82. The highest BCUT2D eigenvalue weighted by atomic mass is 35.5. The summed E-state index contributed by atoms with van der Waals surface area (Å²) < 4.78 is 27.6. The number of rotatable bonds is 8. The molecule has 1 unspecified atom stereocenters. The minimum Gasteiger partial charge on any atom is -0.481 e. The van der Waals surface area contributed by atoms with Crippen molar-refractivity contribution in [3.05, 3.63) is 58.5 Å². The number of halogens is 3. The molecule has 0 saturated heterocycles. The van der Waals surface area contributed by atoms with E-state index in [2.05, 4.69) is 36.5 Å². The van der Waals surface area contributed by atoms with E-state index in [1.54, 1.807) is 6.20 Å². The summed E-state index contributed by atoms with van der Waals surface area (Å²) in [5.41, 5.74) is 1.09. The van der Waals surface area contributed by atoms with Gasteiger partial charge in [-0.3, -0.25) is 19.5 Å². The molecule has 0 spiro atoms. The van der Waals surface area contributed by atoms with Crippen molar-refractivity contribution in [1.82, 2.24) is 26.1 Å². The molecule has 37 heavy (non-hydrogen) atoms. The van der Waals surface area contributed by atoms with Gasteiger partial charge in [-0.1, -0.05) is 11.6 Å². The Hall–Kier alpha value is -4.26. The van der Waals surface area contributed by atoms with Crippen LogP contribution in [0.5, 0.6) is 0 Å². The number of aliphatic carboxylic acids is 1. The van der Waals surface area contributed by atoms with Gasteiger partial charge in [-0.25, -0.2) is 13.8 Å². The first-order valence-electron chi connectivity index (χ1n) is 11.1. The number of H-pyrrole nitrogens is 1. The normalized spacial score (nSPS) is 15.9. The summed E-state index contributed by atoms with van der Waals surface area (Å²) in [4.78, 5) is 40.7. The lowest BCUT2D eigenvalue weighted by molar-refractivity contribution is -0.137. The van der Waals surface area contributed by atoms with Crippen molar-refractivity contribution in [2.45, 2.75) is 18.6 Å². The van der Waals surface area contributed by atoms with Crippen LogP contribution in [0.25, 0.3) is 10.9 Å². The lowest BCUT2D eigenvalue weighted by Crippen LogP contribution is -2.41. The molecule has 2 heterocycles. The van der Waals surface area contributed by atoms with Gasteiger partial charge in [0.2, 0.25) is 5.91 Å². The minimum atomic E-state index is -1.26. The van der Waals surface area contributed by atoms with Gasteiger partial charge in [-0.15, -0.1) is 0 Å². The van der Waals surface area contributed by atoms with Crippen LogP contribution in [0.15, 0.2) is 41.5 Å². The maximum Gasteiger partial charge on any atom is 0.305 e. The zero-order valence-electron chi connectivity index (χ0n) is 19.1. The number of anilines is 1. The van der Waals surface area contributed by atoms with Crippen molar-refractivity contribution in [2.75, 3.05) is 25.0 Å². The Morgan fingerprint density at radius 1 is 1.24 bits per heavy atom. The second-order valence-electron chi connectivity index (χ2n) is 8.21. The van der Waals surface area contributed by atoms with Crippen molar-refractivity contribution in [2.24, 2.45) is 4.99 Å². The highest BCUT2D eigenvalue weighted by molar-refractivity contribution is 6.30. The molecule has 1 aliphatic heterocycles. The lowest BCUT2D eigenvalue weighted by atomic mass is 10.0. The fourth-order valence-electron chi connectivity index (χ4n) is 3.72. The molecule has 2 amide bonds. The monoisotopic (exact) mass is 533 g/mol. The number of amides is 2. The van der Waals surface area contributed by atoms with Gasteiger partial charge in [0, 0.05) is 21.5 Å². The predicted molar refractivity (Wildman–Crippen MR) is 132 cm³/mol. The molecule has 0 bridgehead atoms. The van der Waals surface area contributed by atoms with Crippen LogP contribution in [0.3, 0.4) is 0 Å². The third-order valence-electron chi connectivity index (χ3n) is 5.47. The summed E-state index contributed by atoms with van der Waals surface area (Å²) >= 11 is 5.89. The molecule has 1 aliphatic rings. The van der Waals surface area contributed by atoms with Crippen LogP contribution >= 0.6 is 11.6 Å². The number of carboxylic acid groups (broad SMARTS) is 1. The van der Waals surface area contributed by atoms with Gasteiger partial charge in [0.15, 0.2) is 5.96 Å². The average molecular weight is 534 g/mol. The Morgan fingerprint density at radius 2 is 2.05 bits per heavy atom. The molecule has 0 radical (unpaired) electrons. The summed E-state index contributed by atoms with van der Waals surface area (Å²) in [6.45, 7) is -0.411. The highest BCUT2D eigenvalue weighted by Crippen LogP contribution is 2.25. The second kappa shape index (κ2) is 11.2. The number of nitrogens with one attached hydrogen (secondary N) is 5. The van der Waals surface area contributed by atoms with Crippen LogP contribution in [0.4, 0.5) is 14.5 Å². The number of carbonyl (C=O) groups is 3. The van der Waals surface area contributed by atoms with Crippen molar-refractivity contribution >= 4 is 51.9 Å². The van der Waals surface area contributed by atoms with Gasteiger partial charge >= 0.3 is 5.97 Å². The van der Waals surface area contributed by atoms with E-state index >= 15 is 0 Å². The van der Waals surface area contributed by atoms with Crippen LogP contribution in [0, 0.1) is 5.82 Å². The van der Waals surface area contributed by atoms with Crippen molar-refractivity contribution in [3.63, 3.8) is 0 Å². The molecule has 6 N–H and O–H groups in total. The third-order valence-corrected chi connectivity index (χ3v) is 5.70. The molecule has 2 atom stereocenters. The van der Waals surface area contributed by atoms with E-state index in [4.69, 9.17) is 11.6 Å². The van der Waals surface area contributed by atoms with Crippen molar-refractivity contribution in [3.8, 4) is 0 Å². The van der Waals surface area contributed by atoms with Crippen LogP contribution in [0.1, 0.15) is 28.4 Å². The number of carbonyl (C=O) groups excluding carboxylic acids is 2. The summed E-state index contributed by atoms with van der Waals surface area (Å²) in [7, 11) is 0. The van der Waals surface area contributed by atoms with Gasteiger partial charge in [0.25, 0.3) is 5.91 Å². The summed E-state index contributed by atoms with van der Waals surface area (Å²) in [5.74, 6) is -3.00. The number of fused-ring (bicyclic) bond motifs is 1. The van der Waals surface area contributed by atoms with E-state index in [0.29, 0.717) is 22.5 Å². The number of nitrogens with zero attached hydrogens (tertiary/aromatic N) is 2. The minimum absolute atomic E-state index is 0.00110. The highest BCUT2D eigenvalue weighted by Gasteiger charge is 2.22. The summed E-state index contributed by atoms with van der Waals surface area (Å²) in [6.07, 6.45) is -0.136. The van der Waals surface area contributed by atoms with E-state index in [9.17, 15) is 28.3 Å². The van der Waals surface area contributed by atoms with Crippen LogP contribution < -0.4 is 21.3 Å². The van der Waals surface area contributed by atoms with Crippen molar-refractivity contribution < 1.29 is 28.3 Å². The lowest BCUT2D eigenvalue weighted by Gasteiger charge is -2.19. The number of carboxylic acids is 1. The molecule has 194 valence electrons. The molecule has 0 saturated carbocycles. The quantitative estimate of drug-likeness (QED) is 0.258. The number of benzene rings is 2. The van der Waals surface area contributed by atoms with Gasteiger partial charge in [-0.05, 0) is 30.3 Å². The Bertz CT molecular complexity index is 1380. The van der Waals surface area contributed by atoms with Crippen LogP contribution in [-0.2, 0) is 9.59 Å². The van der Waals surface area contributed by atoms with Gasteiger partial charge in [0.1, 0.15) is 12.0 Å². The molecule has 0 aliphatic carbocycles. The Balaban J connectivity index is 1.45. The van der Waals surface area contributed by atoms with Crippen LogP contribution in [-0.4, -0.2) is 64.9 Å². The maximum absolute atomic E-state index is 14.3. The molecule has 14 heteroatoms. The second-order valence-corrected chi connectivity index (χ2v) is 8.65. The van der Waals surface area contributed by atoms with E-state index < -0.39 is 48.8 Å². The first-order chi connectivity index (χ1) is 17.7. The van der Waals surface area contributed by atoms with E-state index in [-0.39, 0.29) is 29.2 Å². The van der Waals surface area contributed by atoms with E-state index in [0.717, 1.165) is 6.07 Å². The number of aromatic amines is 1.